The minimum Gasteiger partial charge on any atom is -0.381 e. The van der Waals surface area contributed by atoms with E-state index in [9.17, 15) is 4.39 Å². The molecule has 4 nitrogen and oxygen atoms in total. The summed E-state index contributed by atoms with van der Waals surface area (Å²) in [5.41, 5.74) is 7.30. The van der Waals surface area contributed by atoms with Gasteiger partial charge in [0, 0.05) is 25.8 Å². The lowest BCUT2D eigenvalue weighted by atomic mass is 10.2. The fourth-order valence-corrected chi connectivity index (χ4v) is 2.35. The predicted molar refractivity (Wildman–Crippen MR) is 82.1 cm³/mol. The molecule has 0 aliphatic rings. The van der Waals surface area contributed by atoms with Gasteiger partial charge in [0.2, 0.25) is 5.95 Å². The van der Waals surface area contributed by atoms with Crippen LogP contribution in [0.4, 0.5) is 10.3 Å². The lowest BCUT2D eigenvalue weighted by Gasteiger charge is -2.09. The van der Waals surface area contributed by atoms with Crippen LogP contribution in [0.25, 0.3) is 11.0 Å². The molecular formula is C14H19BrFN3O. The predicted octanol–water partition coefficient (Wildman–Crippen LogP) is 3.58. The molecule has 0 saturated heterocycles. The number of nitrogens with two attached hydrogens (primary N) is 1. The van der Waals surface area contributed by atoms with Gasteiger partial charge in [-0.15, -0.1) is 0 Å². The van der Waals surface area contributed by atoms with Crippen molar-refractivity contribution < 1.29 is 9.13 Å². The number of nitrogens with zero attached hydrogens (tertiary/aromatic N) is 2. The van der Waals surface area contributed by atoms with E-state index in [1.165, 1.54) is 6.07 Å². The van der Waals surface area contributed by atoms with E-state index in [-0.39, 0.29) is 5.82 Å². The van der Waals surface area contributed by atoms with E-state index in [0.29, 0.717) is 35.0 Å². The third kappa shape index (κ3) is 3.49. The molecule has 0 atom stereocenters. The first-order valence-corrected chi connectivity index (χ1v) is 7.47. The largest absolute Gasteiger partial charge is 0.381 e. The molecule has 0 spiro atoms. The van der Waals surface area contributed by atoms with Crippen LogP contribution in [0, 0.1) is 11.7 Å². The fourth-order valence-electron chi connectivity index (χ4n) is 2.02. The Morgan fingerprint density at radius 2 is 2.20 bits per heavy atom. The molecule has 0 aliphatic carbocycles. The van der Waals surface area contributed by atoms with E-state index in [1.807, 2.05) is 4.57 Å². The van der Waals surface area contributed by atoms with Crippen LogP contribution in [0.2, 0.25) is 0 Å². The van der Waals surface area contributed by atoms with E-state index >= 15 is 0 Å². The highest BCUT2D eigenvalue weighted by molar-refractivity contribution is 9.10. The van der Waals surface area contributed by atoms with Crippen molar-refractivity contribution in [2.24, 2.45) is 5.92 Å². The summed E-state index contributed by atoms with van der Waals surface area (Å²) in [4.78, 5) is 4.18. The zero-order valence-corrected chi connectivity index (χ0v) is 13.3. The van der Waals surface area contributed by atoms with E-state index < -0.39 is 0 Å². The van der Waals surface area contributed by atoms with Gasteiger partial charge >= 0.3 is 0 Å². The zero-order chi connectivity index (χ0) is 14.7. The molecule has 2 N–H and O–H groups in total. The second-order valence-corrected chi connectivity index (χ2v) is 6.05. The molecule has 0 amide bonds. The number of rotatable bonds is 6. The van der Waals surface area contributed by atoms with Crippen molar-refractivity contribution in [2.45, 2.75) is 26.8 Å². The quantitative estimate of drug-likeness (QED) is 0.815. The van der Waals surface area contributed by atoms with Gasteiger partial charge in [0.25, 0.3) is 0 Å². The Hall–Kier alpha value is -1.14. The number of halogens is 2. The summed E-state index contributed by atoms with van der Waals surface area (Å²) < 4.78 is 21.3. The number of benzene rings is 1. The van der Waals surface area contributed by atoms with E-state index in [4.69, 9.17) is 10.5 Å². The van der Waals surface area contributed by atoms with Crippen molar-refractivity contribution in [1.29, 1.82) is 0 Å². The maximum atomic E-state index is 13.5. The van der Waals surface area contributed by atoms with Gasteiger partial charge in [-0.1, -0.05) is 13.8 Å². The molecule has 20 heavy (non-hydrogen) atoms. The van der Waals surface area contributed by atoms with E-state index in [2.05, 4.69) is 34.8 Å². The van der Waals surface area contributed by atoms with Gasteiger partial charge in [0.05, 0.1) is 15.5 Å². The topological polar surface area (TPSA) is 53.1 Å². The summed E-state index contributed by atoms with van der Waals surface area (Å²) in [7, 11) is 0. The molecule has 110 valence electrons. The van der Waals surface area contributed by atoms with Crippen LogP contribution < -0.4 is 5.73 Å². The Labute approximate surface area is 126 Å². The maximum Gasteiger partial charge on any atom is 0.201 e. The number of hydrogen-bond acceptors (Lipinski definition) is 3. The Balaban J connectivity index is 2.06. The number of aromatic nitrogens is 2. The monoisotopic (exact) mass is 343 g/mol. The van der Waals surface area contributed by atoms with Crippen LogP contribution in [-0.4, -0.2) is 22.8 Å². The van der Waals surface area contributed by atoms with Gasteiger partial charge in [0.15, 0.2) is 0 Å². The van der Waals surface area contributed by atoms with Gasteiger partial charge in [-0.05, 0) is 34.3 Å². The third-order valence-electron chi connectivity index (χ3n) is 2.94. The van der Waals surface area contributed by atoms with Crippen molar-refractivity contribution >= 4 is 32.9 Å². The minimum absolute atomic E-state index is 0.331. The fraction of sp³-hybridized carbons (Fsp3) is 0.500. The van der Waals surface area contributed by atoms with Crippen LogP contribution in [0.3, 0.4) is 0 Å². The first kappa shape index (κ1) is 15.3. The van der Waals surface area contributed by atoms with E-state index in [1.54, 1.807) is 6.07 Å². The molecule has 2 rings (SSSR count). The van der Waals surface area contributed by atoms with Gasteiger partial charge in [-0.25, -0.2) is 9.37 Å². The average Bonchev–Trinajstić information content (AvgIpc) is 2.65. The first-order chi connectivity index (χ1) is 9.49. The second kappa shape index (κ2) is 6.54. The Morgan fingerprint density at radius 3 is 2.90 bits per heavy atom. The minimum atomic E-state index is -0.331. The van der Waals surface area contributed by atoms with Crippen LogP contribution in [0.5, 0.6) is 0 Å². The van der Waals surface area contributed by atoms with E-state index in [0.717, 1.165) is 18.5 Å². The molecule has 2 aromatic rings. The van der Waals surface area contributed by atoms with Crippen LogP contribution in [-0.2, 0) is 11.3 Å². The molecule has 1 heterocycles. The molecular weight excluding hydrogens is 325 g/mol. The SMILES string of the molecule is CC(C)COCCCn1c(N)nc2cc(F)c(Br)cc21. The zero-order valence-electron chi connectivity index (χ0n) is 11.7. The molecule has 6 heteroatoms. The first-order valence-electron chi connectivity index (χ1n) is 6.67. The Kier molecular flexibility index (Phi) is 4.99. The van der Waals surface area contributed by atoms with Gasteiger partial charge < -0.3 is 15.0 Å². The Morgan fingerprint density at radius 1 is 1.45 bits per heavy atom. The summed E-state index contributed by atoms with van der Waals surface area (Å²) >= 11 is 3.19. The molecule has 1 aromatic heterocycles. The number of anilines is 1. The van der Waals surface area contributed by atoms with Crippen molar-refractivity contribution in [2.75, 3.05) is 18.9 Å². The van der Waals surface area contributed by atoms with Crippen LogP contribution in [0.15, 0.2) is 16.6 Å². The summed E-state index contributed by atoms with van der Waals surface area (Å²) in [6, 6.07) is 3.10. The molecule has 0 radical (unpaired) electrons. The second-order valence-electron chi connectivity index (χ2n) is 5.20. The van der Waals surface area contributed by atoms with Gasteiger partial charge in [0.1, 0.15) is 5.82 Å². The lowest BCUT2D eigenvalue weighted by Crippen LogP contribution is -2.08. The Bertz CT molecular complexity index is 598. The normalized spacial score (nSPS) is 11.7. The standard InChI is InChI=1S/C14H19BrFN3O/c1-9(2)8-20-5-3-4-19-13-6-10(15)11(16)7-12(13)18-14(19)17/h6-7,9H,3-5,8H2,1-2H3,(H2,17,18). The number of fused-ring (bicyclic) bond motifs is 1. The number of ether oxygens (including phenoxy) is 1. The summed E-state index contributed by atoms with van der Waals surface area (Å²) in [6.07, 6.45) is 0.845. The molecule has 1 aromatic carbocycles. The summed E-state index contributed by atoms with van der Waals surface area (Å²) in [5.74, 6) is 0.608. The smallest absolute Gasteiger partial charge is 0.201 e. The van der Waals surface area contributed by atoms with Crippen molar-refractivity contribution in [1.82, 2.24) is 9.55 Å². The summed E-state index contributed by atoms with van der Waals surface area (Å²) in [5, 5.41) is 0. The van der Waals surface area contributed by atoms with Crippen LogP contribution in [0.1, 0.15) is 20.3 Å². The molecule has 0 aliphatic heterocycles. The molecule has 0 fully saturated rings. The van der Waals surface area contributed by atoms with Crippen molar-refractivity contribution in [3.8, 4) is 0 Å². The molecule has 0 unspecified atom stereocenters. The third-order valence-corrected chi connectivity index (χ3v) is 3.55. The highest BCUT2D eigenvalue weighted by Gasteiger charge is 2.11. The number of nitrogen functional groups attached to an aromatic ring is 1. The van der Waals surface area contributed by atoms with Crippen molar-refractivity contribution in [3.63, 3.8) is 0 Å². The van der Waals surface area contributed by atoms with Gasteiger partial charge in [-0.3, -0.25) is 0 Å². The molecule has 0 bridgehead atoms. The number of aryl methyl sites for hydroxylation is 1. The van der Waals surface area contributed by atoms with Gasteiger partial charge in [-0.2, -0.15) is 0 Å². The highest BCUT2D eigenvalue weighted by atomic mass is 79.9. The number of imidazole rings is 1. The lowest BCUT2D eigenvalue weighted by molar-refractivity contribution is 0.105. The van der Waals surface area contributed by atoms with Crippen LogP contribution >= 0.6 is 15.9 Å². The molecule has 0 saturated carbocycles. The van der Waals surface area contributed by atoms with Crippen molar-refractivity contribution in [3.05, 3.63) is 22.4 Å². The highest BCUT2D eigenvalue weighted by Crippen LogP contribution is 2.25. The number of hydrogen-bond donors (Lipinski definition) is 1. The maximum absolute atomic E-state index is 13.5. The summed E-state index contributed by atoms with van der Waals surface area (Å²) in [6.45, 7) is 6.38. The average molecular weight is 344 g/mol.